The first-order valence-corrected chi connectivity index (χ1v) is 9.78. The molecular weight excluding hydrogens is 328 g/mol. The van der Waals surface area contributed by atoms with Crippen molar-refractivity contribution in [3.05, 3.63) is 30.1 Å². The van der Waals surface area contributed by atoms with Crippen LogP contribution in [0, 0.1) is 0 Å². The summed E-state index contributed by atoms with van der Waals surface area (Å²) in [6, 6.07) is 4.48. The molecule has 2 fully saturated rings. The molecule has 2 saturated heterocycles. The van der Waals surface area contributed by atoms with E-state index in [0.717, 1.165) is 51.7 Å². The number of rotatable bonds is 6. The highest BCUT2D eigenvalue weighted by atomic mass is 16.2. The second kappa shape index (κ2) is 9.12. The van der Waals surface area contributed by atoms with Crippen molar-refractivity contribution < 1.29 is 9.59 Å². The maximum absolute atomic E-state index is 12.6. The molecule has 0 aliphatic carbocycles. The number of nitrogens with one attached hydrogen (secondary N) is 1. The lowest BCUT2D eigenvalue weighted by Gasteiger charge is -2.37. The number of nitrogens with zero attached hydrogens (tertiary/aromatic N) is 3. The van der Waals surface area contributed by atoms with E-state index in [0.29, 0.717) is 18.9 Å². The summed E-state index contributed by atoms with van der Waals surface area (Å²) in [5.41, 5.74) is 1.32. The van der Waals surface area contributed by atoms with E-state index in [1.54, 1.807) is 0 Å². The summed E-state index contributed by atoms with van der Waals surface area (Å²) in [5.74, 6) is 0.242. The van der Waals surface area contributed by atoms with Gasteiger partial charge in [-0.3, -0.25) is 14.6 Å². The summed E-state index contributed by atoms with van der Waals surface area (Å²) in [6.07, 6.45) is 9.62. The van der Waals surface area contributed by atoms with Crippen LogP contribution < -0.4 is 5.32 Å². The molecule has 0 saturated carbocycles. The van der Waals surface area contributed by atoms with Gasteiger partial charge >= 0.3 is 0 Å². The number of piperidine rings is 2. The largest absolute Gasteiger partial charge is 0.353 e. The van der Waals surface area contributed by atoms with Gasteiger partial charge in [0.1, 0.15) is 0 Å². The number of amides is 2. The molecule has 3 heterocycles. The predicted molar refractivity (Wildman–Crippen MR) is 101 cm³/mol. The lowest BCUT2D eigenvalue weighted by atomic mass is 9.99. The quantitative estimate of drug-likeness (QED) is 0.839. The van der Waals surface area contributed by atoms with Crippen LogP contribution in [0.4, 0.5) is 0 Å². The standard InChI is InChI=1S/C20H30N4O2/c1-23(20(26)15-17-3-2-4-19(25)22-17)18-8-13-24(14-9-18)12-7-16-5-10-21-11-6-16/h5-6,10-11,17-18H,2-4,7-9,12-15H2,1H3,(H,22,25). The molecule has 6 heteroatoms. The highest BCUT2D eigenvalue weighted by Crippen LogP contribution is 2.18. The van der Waals surface area contributed by atoms with Gasteiger partial charge in [0.25, 0.3) is 0 Å². The molecule has 0 radical (unpaired) electrons. The van der Waals surface area contributed by atoms with Crippen molar-refractivity contribution in [1.29, 1.82) is 0 Å². The Bertz CT molecular complexity index is 599. The molecule has 0 spiro atoms. The summed E-state index contributed by atoms with van der Waals surface area (Å²) < 4.78 is 0. The highest BCUT2D eigenvalue weighted by molar-refractivity contribution is 5.80. The van der Waals surface area contributed by atoms with Gasteiger partial charge in [-0.2, -0.15) is 0 Å². The highest BCUT2D eigenvalue weighted by Gasteiger charge is 2.28. The maximum Gasteiger partial charge on any atom is 0.224 e. The summed E-state index contributed by atoms with van der Waals surface area (Å²) in [5, 5.41) is 2.95. The number of carbonyl (C=O) groups excluding carboxylic acids is 2. The van der Waals surface area contributed by atoms with Gasteiger partial charge in [0.05, 0.1) is 0 Å². The monoisotopic (exact) mass is 358 g/mol. The zero-order chi connectivity index (χ0) is 18.4. The molecule has 26 heavy (non-hydrogen) atoms. The first kappa shape index (κ1) is 18.8. The predicted octanol–water partition coefficient (Wildman–Crippen LogP) is 1.61. The molecule has 3 rings (SSSR count). The van der Waals surface area contributed by atoms with Crippen LogP contribution in [0.3, 0.4) is 0 Å². The lowest BCUT2D eigenvalue weighted by molar-refractivity contribution is -0.134. The van der Waals surface area contributed by atoms with Crippen molar-refractivity contribution in [2.24, 2.45) is 0 Å². The molecule has 1 aromatic heterocycles. The number of aromatic nitrogens is 1. The topological polar surface area (TPSA) is 65.5 Å². The van der Waals surface area contributed by atoms with Crippen molar-refractivity contribution in [2.45, 2.75) is 57.0 Å². The van der Waals surface area contributed by atoms with Crippen molar-refractivity contribution in [1.82, 2.24) is 20.1 Å². The molecule has 2 amide bonds. The normalized spacial score (nSPS) is 22.0. The van der Waals surface area contributed by atoms with Crippen LogP contribution >= 0.6 is 0 Å². The third-order valence-electron chi connectivity index (χ3n) is 5.71. The average molecular weight is 358 g/mol. The molecule has 0 bridgehead atoms. The minimum absolute atomic E-state index is 0.0200. The Hall–Kier alpha value is -1.95. The summed E-state index contributed by atoms with van der Waals surface area (Å²) in [4.78, 5) is 32.5. The number of hydrogen-bond acceptors (Lipinski definition) is 4. The van der Waals surface area contributed by atoms with E-state index in [2.05, 4.69) is 27.3 Å². The fourth-order valence-corrected chi connectivity index (χ4v) is 3.96. The number of hydrogen-bond donors (Lipinski definition) is 1. The molecule has 1 N–H and O–H groups in total. The van der Waals surface area contributed by atoms with Crippen molar-refractivity contribution in [3.63, 3.8) is 0 Å². The third-order valence-corrected chi connectivity index (χ3v) is 5.71. The van der Waals surface area contributed by atoms with Gasteiger partial charge in [0.15, 0.2) is 0 Å². The van der Waals surface area contributed by atoms with Crippen molar-refractivity contribution in [3.8, 4) is 0 Å². The molecule has 1 atom stereocenters. The molecule has 1 aromatic rings. The Kier molecular flexibility index (Phi) is 6.61. The Morgan fingerprint density at radius 1 is 1.27 bits per heavy atom. The van der Waals surface area contributed by atoms with Crippen LogP contribution in [-0.4, -0.2) is 65.4 Å². The Labute approximate surface area is 156 Å². The minimum Gasteiger partial charge on any atom is -0.353 e. The zero-order valence-corrected chi connectivity index (χ0v) is 15.7. The Balaban J connectivity index is 1.39. The molecule has 2 aliphatic rings. The van der Waals surface area contributed by atoms with Gasteiger partial charge in [0, 0.05) is 64.0 Å². The van der Waals surface area contributed by atoms with Crippen LogP contribution in [0.1, 0.15) is 44.1 Å². The van der Waals surface area contributed by atoms with Gasteiger partial charge in [-0.1, -0.05) is 0 Å². The summed E-state index contributed by atoms with van der Waals surface area (Å²) in [7, 11) is 1.92. The summed E-state index contributed by atoms with van der Waals surface area (Å²) in [6.45, 7) is 3.13. The van der Waals surface area contributed by atoms with E-state index in [9.17, 15) is 9.59 Å². The van der Waals surface area contributed by atoms with Gasteiger partial charge in [-0.25, -0.2) is 0 Å². The van der Waals surface area contributed by atoms with Crippen LogP contribution in [0.2, 0.25) is 0 Å². The Morgan fingerprint density at radius 3 is 2.69 bits per heavy atom. The first-order chi connectivity index (χ1) is 12.6. The van der Waals surface area contributed by atoms with Crippen molar-refractivity contribution >= 4 is 11.8 Å². The first-order valence-electron chi connectivity index (χ1n) is 9.78. The fraction of sp³-hybridized carbons (Fsp3) is 0.650. The lowest BCUT2D eigenvalue weighted by Crippen LogP contribution is -2.48. The van der Waals surface area contributed by atoms with Gasteiger partial charge in [0.2, 0.25) is 11.8 Å². The SMILES string of the molecule is CN(C(=O)CC1CCCC(=O)N1)C1CCN(CCc2ccncc2)CC1. The number of likely N-dealkylation sites (tertiary alicyclic amines) is 1. The second-order valence-electron chi connectivity index (χ2n) is 7.54. The van der Waals surface area contributed by atoms with Crippen LogP contribution in [0.25, 0.3) is 0 Å². The van der Waals surface area contributed by atoms with E-state index >= 15 is 0 Å². The Morgan fingerprint density at radius 2 is 2.00 bits per heavy atom. The van der Waals surface area contributed by atoms with Crippen molar-refractivity contribution in [2.75, 3.05) is 26.7 Å². The van der Waals surface area contributed by atoms with E-state index in [1.807, 2.05) is 24.3 Å². The molecule has 142 valence electrons. The third kappa shape index (κ3) is 5.27. The maximum atomic E-state index is 12.6. The van der Waals surface area contributed by atoms with E-state index < -0.39 is 0 Å². The number of carbonyl (C=O) groups is 2. The van der Waals surface area contributed by atoms with Gasteiger partial charge in [-0.05, 0) is 49.8 Å². The van der Waals surface area contributed by atoms with Crippen LogP contribution in [0.5, 0.6) is 0 Å². The average Bonchev–Trinajstić information content (AvgIpc) is 2.67. The van der Waals surface area contributed by atoms with E-state index in [1.165, 1.54) is 5.56 Å². The van der Waals surface area contributed by atoms with E-state index in [-0.39, 0.29) is 17.9 Å². The number of pyridine rings is 1. The van der Waals surface area contributed by atoms with E-state index in [4.69, 9.17) is 0 Å². The zero-order valence-electron chi connectivity index (χ0n) is 15.7. The van der Waals surface area contributed by atoms with Gasteiger partial charge in [-0.15, -0.1) is 0 Å². The van der Waals surface area contributed by atoms with Crippen LogP contribution in [-0.2, 0) is 16.0 Å². The fourth-order valence-electron chi connectivity index (χ4n) is 3.96. The smallest absolute Gasteiger partial charge is 0.224 e. The molecule has 1 unspecified atom stereocenters. The second-order valence-corrected chi connectivity index (χ2v) is 7.54. The molecule has 0 aromatic carbocycles. The molecule has 6 nitrogen and oxygen atoms in total. The van der Waals surface area contributed by atoms with Gasteiger partial charge < -0.3 is 15.1 Å². The minimum atomic E-state index is 0.0200. The molecular formula is C20H30N4O2. The molecule has 2 aliphatic heterocycles. The van der Waals surface area contributed by atoms with Crippen LogP contribution in [0.15, 0.2) is 24.5 Å². The summed E-state index contributed by atoms with van der Waals surface area (Å²) >= 11 is 0.